The first-order chi connectivity index (χ1) is 12.6. The topological polar surface area (TPSA) is 68.3 Å². The van der Waals surface area contributed by atoms with Gasteiger partial charge >= 0.3 is 0 Å². The van der Waals surface area contributed by atoms with Gasteiger partial charge in [0.25, 0.3) is 0 Å². The SMILES string of the molecule is COc1ccc(C)cc1Nc1ccnc(Nc2cc(C)ccc2OC)n1. The summed E-state index contributed by atoms with van der Waals surface area (Å²) in [6.07, 6.45) is 1.70. The van der Waals surface area contributed by atoms with Gasteiger partial charge in [-0.1, -0.05) is 12.1 Å². The van der Waals surface area contributed by atoms with Gasteiger partial charge in [0.05, 0.1) is 25.6 Å². The van der Waals surface area contributed by atoms with Crippen LogP contribution in [-0.4, -0.2) is 24.2 Å². The molecule has 0 saturated carbocycles. The number of ether oxygens (including phenoxy) is 2. The molecular weight excluding hydrogens is 328 g/mol. The Balaban J connectivity index is 1.85. The zero-order valence-electron chi connectivity index (χ0n) is 15.3. The van der Waals surface area contributed by atoms with Crippen LogP contribution in [0, 0.1) is 13.8 Å². The largest absolute Gasteiger partial charge is 0.495 e. The van der Waals surface area contributed by atoms with E-state index in [1.807, 2.05) is 50.2 Å². The lowest BCUT2D eigenvalue weighted by atomic mass is 10.2. The highest BCUT2D eigenvalue weighted by Crippen LogP contribution is 2.30. The molecule has 0 saturated heterocycles. The zero-order chi connectivity index (χ0) is 18.5. The maximum absolute atomic E-state index is 5.40. The number of hydrogen-bond acceptors (Lipinski definition) is 6. The maximum atomic E-state index is 5.40. The van der Waals surface area contributed by atoms with E-state index in [2.05, 4.69) is 20.6 Å². The molecule has 0 aliphatic rings. The van der Waals surface area contributed by atoms with E-state index in [9.17, 15) is 0 Å². The second-order valence-electron chi connectivity index (χ2n) is 5.92. The Morgan fingerprint density at radius 1 is 0.769 bits per heavy atom. The summed E-state index contributed by atoms with van der Waals surface area (Å²) >= 11 is 0. The van der Waals surface area contributed by atoms with E-state index in [-0.39, 0.29) is 0 Å². The van der Waals surface area contributed by atoms with Gasteiger partial charge in [0, 0.05) is 6.20 Å². The van der Waals surface area contributed by atoms with E-state index >= 15 is 0 Å². The number of aryl methyl sites for hydroxylation is 2. The van der Waals surface area contributed by atoms with Crippen LogP contribution in [0.1, 0.15) is 11.1 Å². The molecule has 0 radical (unpaired) electrons. The molecule has 0 aliphatic carbocycles. The molecule has 3 rings (SSSR count). The van der Waals surface area contributed by atoms with Crippen LogP contribution >= 0.6 is 0 Å². The number of nitrogens with one attached hydrogen (secondary N) is 2. The highest BCUT2D eigenvalue weighted by atomic mass is 16.5. The van der Waals surface area contributed by atoms with Crippen LogP contribution in [0.15, 0.2) is 48.7 Å². The molecule has 6 heteroatoms. The summed E-state index contributed by atoms with van der Waals surface area (Å²) in [6, 6.07) is 13.6. The third-order valence-corrected chi connectivity index (χ3v) is 3.87. The van der Waals surface area contributed by atoms with Gasteiger partial charge in [0.15, 0.2) is 0 Å². The van der Waals surface area contributed by atoms with Crippen molar-refractivity contribution in [3.05, 3.63) is 59.8 Å². The molecule has 1 heterocycles. The molecule has 0 aliphatic heterocycles. The molecule has 0 bridgehead atoms. The van der Waals surface area contributed by atoms with Crippen LogP contribution in [-0.2, 0) is 0 Å². The Morgan fingerprint density at radius 2 is 1.35 bits per heavy atom. The number of rotatable bonds is 6. The Morgan fingerprint density at radius 3 is 1.92 bits per heavy atom. The quantitative estimate of drug-likeness (QED) is 0.677. The van der Waals surface area contributed by atoms with Crippen LogP contribution in [0.5, 0.6) is 11.5 Å². The third kappa shape index (κ3) is 4.03. The minimum atomic E-state index is 0.477. The molecular formula is C20H22N4O2. The van der Waals surface area contributed by atoms with Gasteiger partial charge in [0.2, 0.25) is 5.95 Å². The Kier molecular flexibility index (Phi) is 5.22. The number of anilines is 4. The third-order valence-electron chi connectivity index (χ3n) is 3.87. The number of benzene rings is 2. The number of methoxy groups -OCH3 is 2. The smallest absolute Gasteiger partial charge is 0.229 e. The van der Waals surface area contributed by atoms with Gasteiger partial charge in [0.1, 0.15) is 17.3 Å². The van der Waals surface area contributed by atoms with E-state index in [0.29, 0.717) is 11.8 Å². The fraction of sp³-hybridized carbons (Fsp3) is 0.200. The van der Waals surface area contributed by atoms with Crippen molar-refractivity contribution in [2.45, 2.75) is 13.8 Å². The standard InChI is InChI=1S/C20H22N4O2/c1-13-5-7-17(25-3)15(11-13)22-19-9-10-21-20(24-19)23-16-12-14(2)6-8-18(16)26-4/h5-12H,1-4H3,(H2,21,22,23,24). The van der Waals surface area contributed by atoms with Crippen molar-refractivity contribution in [2.24, 2.45) is 0 Å². The molecule has 134 valence electrons. The molecule has 0 unspecified atom stereocenters. The van der Waals surface area contributed by atoms with Crippen molar-refractivity contribution < 1.29 is 9.47 Å². The van der Waals surface area contributed by atoms with Crippen LogP contribution in [0.3, 0.4) is 0 Å². The lowest BCUT2D eigenvalue weighted by molar-refractivity contribution is 0.416. The first-order valence-electron chi connectivity index (χ1n) is 8.25. The van der Waals surface area contributed by atoms with Crippen molar-refractivity contribution >= 4 is 23.1 Å². The first kappa shape index (κ1) is 17.5. The van der Waals surface area contributed by atoms with Gasteiger partial charge in [-0.3, -0.25) is 0 Å². The van der Waals surface area contributed by atoms with Crippen molar-refractivity contribution in [2.75, 3.05) is 24.9 Å². The zero-order valence-corrected chi connectivity index (χ0v) is 15.3. The lowest BCUT2D eigenvalue weighted by Gasteiger charge is -2.13. The molecule has 0 atom stereocenters. The van der Waals surface area contributed by atoms with Crippen LogP contribution in [0.2, 0.25) is 0 Å². The van der Waals surface area contributed by atoms with Crippen molar-refractivity contribution in [1.29, 1.82) is 0 Å². The molecule has 2 N–H and O–H groups in total. The average molecular weight is 350 g/mol. The Bertz CT molecular complexity index is 841. The van der Waals surface area contributed by atoms with Gasteiger partial charge in [-0.2, -0.15) is 4.98 Å². The van der Waals surface area contributed by atoms with Gasteiger partial charge in [-0.05, 0) is 55.3 Å². The molecule has 0 fully saturated rings. The van der Waals surface area contributed by atoms with E-state index in [1.54, 1.807) is 26.5 Å². The highest BCUT2D eigenvalue weighted by Gasteiger charge is 2.08. The first-order valence-corrected chi connectivity index (χ1v) is 8.25. The summed E-state index contributed by atoms with van der Waals surface area (Å²) in [7, 11) is 3.28. The molecule has 26 heavy (non-hydrogen) atoms. The second kappa shape index (κ2) is 7.74. The fourth-order valence-electron chi connectivity index (χ4n) is 2.59. The minimum absolute atomic E-state index is 0.477. The Labute approximate surface area is 153 Å². The van der Waals surface area contributed by atoms with E-state index in [1.165, 1.54) is 0 Å². The normalized spacial score (nSPS) is 10.3. The lowest BCUT2D eigenvalue weighted by Crippen LogP contribution is -2.02. The monoisotopic (exact) mass is 350 g/mol. The molecule has 0 spiro atoms. The van der Waals surface area contributed by atoms with Crippen molar-refractivity contribution in [3.63, 3.8) is 0 Å². The second-order valence-corrected chi connectivity index (χ2v) is 5.92. The molecule has 1 aromatic heterocycles. The van der Waals surface area contributed by atoms with E-state index < -0.39 is 0 Å². The predicted molar refractivity (Wildman–Crippen MR) is 104 cm³/mol. The minimum Gasteiger partial charge on any atom is -0.495 e. The predicted octanol–water partition coefficient (Wildman–Crippen LogP) is 4.60. The molecule has 2 aromatic carbocycles. The summed E-state index contributed by atoms with van der Waals surface area (Å²) < 4.78 is 10.8. The maximum Gasteiger partial charge on any atom is 0.229 e. The average Bonchev–Trinajstić information content (AvgIpc) is 2.62. The summed E-state index contributed by atoms with van der Waals surface area (Å²) in [4.78, 5) is 8.82. The van der Waals surface area contributed by atoms with Gasteiger partial charge < -0.3 is 20.1 Å². The van der Waals surface area contributed by atoms with Crippen LogP contribution < -0.4 is 20.1 Å². The number of aromatic nitrogens is 2. The number of nitrogens with zero attached hydrogens (tertiary/aromatic N) is 2. The van der Waals surface area contributed by atoms with Crippen molar-refractivity contribution in [3.8, 4) is 11.5 Å². The highest BCUT2D eigenvalue weighted by molar-refractivity contribution is 5.67. The number of hydrogen-bond donors (Lipinski definition) is 2. The summed E-state index contributed by atoms with van der Waals surface area (Å²) in [5.74, 6) is 2.63. The van der Waals surface area contributed by atoms with Gasteiger partial charge in [-0.15, -0.1) is 0 Å². The van der Waals surface area contributed by atoms with Gasteiger partial charge in [-0.25, -0.2) is 4.98 Å². The van der Waals surface area contributed by atoms with Crippen LogP contribution in [0.4, 0.5) is 23.1 Å². The van der Waals surface area contributed by atoms with E-state index in [0.717, 1.165) is 34.0 Å². The summed E-state index contributed by atoms with van der Waals surface area (Å²) in [5.41, 5.74) is 3.92. The molecule has 6 nitrogen and oxygen atoms in total. The van der Waals surface area contributed by atoms with E-state index in [4.69, 9.17) is 9.47 Å². The molecule has 0 amide bonds. The summed E-state index contributed by atoms with van der Waals surface area (Å²) in [6.45, 7) is 4.05. The van der Waals surface area contributed by atoms with Crippen molar-refractivity contribution in [1.82, 2.24) is 9.97 Å². The fourth-order valence-corrected chi connectivity index (χ4v) is 2.59. The Hall–Kier alpha value is -3.28. The molecule has 3 aromatic rings. The summed E-state index contributed by atoms with van der Waals surface area (Å²) in [5, 5.41) is 6.50. The van der Waals surface area contributed by atoms with Crippen LogP contribution in [0.25, 0.3) is 0 Å².